The lowest BCUT2D eigenvalue weighted by molar-refractivity contribution is -0.131. The van der Waals surface area contributed by atoms with Crippen LogP contribution in [0.3, 0.4) is 0 Å². The molecule has 0 bridgehead atoms. The van der Waals surface area contributed by atoms with Gasteiger partial charge in [0.15, 0.2) is 0 Å². The van der Waals surface area contributed by atoms with Crippen molar-refractivity contribution < 1.29 is 17.9 Å². The highest BCUT2D eigenvalue weighted by atomic mass is 32.2. The molecular weight excluding hydrogens is 316 g/mol. The molecule has 0 unspecified atom stereocenters. The first-order valence-electron chi connectivity index (χ1n) is 7.67. The fourth-order valence-corrected chi connectivity index (χ4v) is 4.82. The Balaban J connectivity index is 2.52. The highest BCUT2D eigenvalue weighted by Gasteiger charge is 2.45. The number of hydrogen-bond acceptors (Lipinski definition) is 4. The van der Waals surface area contributed by atoms with E-state index in [0.717, 1.165) is 5.56 Å². The molecule has 1 fully saturated rings. The first-order chi connectivity index (χ1) is 10.6. The van der Waals surface area contributed by atoms with Gasteiger partial charge < -0.3 is 10.1 Å². The number of hydrogen-bond donors (Lipinski definition) is 1. The normalized spacial score (nSPS) is 18.6. The highest BCUT2D eigenvalue weighted by Crippen LogP contribution is 2.32. The number of carbonyl (C=O) groups excluding carboxylic acids is 1. The van der Waals surface area contributed by atoms with Gasteiger partial charge in [0.1, 0.15) is 11.3 Å². The number of amides is 1. The van der Waals surface area contributed by atoms with Crippen LogP contribution in [0.25, 0.3) is 0 Å². The molecule has 2 rings (SSSR count). The molecule has 0 radical (unpaired) electrons. The number of ether oxygens (including phenoxy) is 1. The number of sulfonamides is 1. The first kappa shape index (κ1) is 17.7. The molecule has 1 N–H and O–H groups in total. The van der Waals surface area contributed by atoms with Crippen molar-refractivity contribution in [2.75, 3.05) is 19.7 Å². The van der Waals surface area contributed by atoms with E-state index in [1.54, 1.807) is 32.9 Å². The molecule has 0 aliphatic carbocycles. The lowest BCUT2D eigenvalue weighted by atomic mass is 10.0. The average molecular weight is 340 g/mol. The molecule has 0 atom stereocenters. The Morgan fingerprint density at radius 3 is 2.52 bits per heavy atom. The minimum atomic E-state index is -3.77. The van der Waals surface area contributed by atoms with Crippen molar-refractivity contribution in [3.63, 3.8) is 0 Å². The molecule has 1 aromatic rings. The van der Waals surface area contributed by atoms with Crippen molar-refractivity contribution in [3.05, 3.63) is 23.3 Å². The van der Waals surface area contributed by atoms with E-state index in [1.165, 1.54) is 4.31 Å². The monoisotopic (exact) mass is 340 g/mol. The lowest BCUT2D eigenvalue weighted by Crippen LogP contribution is -2.63. The summed E-state index contributed by atoms with van der Waals surface area (Å²) in [5.74, 6) is 0.396. The van der Waals surface area contributed by atoms with Gasteiger partial charge in [-0.15, -0.1) is 0 Å². The minimum absolute atomic E-state index is 0.223. The molecule has 23 heavy (non-hydrogen) atoms. The second-order valence-electron chi connectivity index (χ2n) is 6.21. The van der Waals surface area contributed by atoms with Gasteiger partial charge in [0.2, 0.25) is 15.9 Å². The van der Waals surface area contributed by atoms with Crippen LogP contribution in [-0.2, 0) is 14.8 Å². The van der Waals surface area contributed by atoms with Gasteiger partial charge in [-0.2, -0.15) is 4.31 Å². The van der Waals surface area contributed by atoms with E-state index in [4.69, 9.17) is 4.74 Å². The van der Waals surface area contributed by atoms with Gasteiger partial charge in [0.25, 0.3) is 0 Å². The van der Waals surface area contributed by atoms with Gasteiger partial charge >= 0.3 is 0 Å². The maximum absolute atomic E-state index is 13.1. The Morgan fingerprint density at radius 2 is 1.91 bits per heavy atom. The fourth-order valence-electron chi connectivity index (χ4n) is 2.77. The lowest BCUT2D eigenvalue weighted by Gasteiger charge is -2.40. The predicted molar refractivity (Wildman–Crippen MR) is 88.1 cm³/mol. The van der Waals surface area contributed by atoms with Crippen molar-refractivity contribution in [1.29, 1.82) is 0 Å². The molecule has 6 nitrogen and oxygen atoms in total. The Hall–Kier alpha value is -1.60. The summed E-state index contributed by atoms with van der Waals surface area (Å²) in [5.41, 5.74) is 0.256. The van der Waals surface area contributed by atoms with Crippen LogP contribution in [0.15, 0.2) is 17.0 Å². The Kier molecular flexibility index (Phi) is 4.73. The van der Waals surface area contributed by atoms with Crippen LogP contribution in [-0.4, -0.2) is 43.9 Å². The van der Waals surface area contributed by atoms with Crippen LogP contribution in [0.5, 0.6) is 5.75 Å². The van der Waals surface area contributed by atoms with Crippen LogP contribution >= 0.6 is 0 Å². The molecule has 1 aliphatic rings. The summed E-state index contributed by atoms with van der Waals surface area (Å²) in [6.07, 6.45) is 0. The molecule has 1 amide bonds. The number of benzene rings is 1. The topological polar surface area (TPSA) is 75.7 Å². The zero-order valence-corrected chi connectivity index (χ0v) is 15.1. The number of rotatable bonds is 4. The third-order valence-corrected chi connectivity index (χ3v) is 6.33. The van der Waals surface area contributed by atoms with Crippen molar-refractivity contribution in [1.82, 2.24) is 9.62 Å². The van der Waals surface area contributed by atoms with Crippen LogP contribution in [0, 0.1) is 13.8 Å². The molecule has 0 aromatic heterocycles. The first-order valence-corrected chi connectivity index (χ1v) is 9.11. The third kappa shape index (κ3) is 3.07. The van der Waals surface area contributed by atoms with E-state index in [-0.39, 0.29) is 17.3 Å². The Morgan fingerprint density at radius 1 is 1.26 bits per heavy atom. The number of nitrogens with one attached hydrogen (secondary N) is 1. The van der Waals surface area contributed by atoms with Gasteiger partial charge in [0, 0.05) is 13.1 Å². The summed E-state index contributed by atoms with van der Waals surface area (Å²) < 4.78 is 33.0. The summed E-state index contributed by atoms with van der Waals surface area (Å²) in [6, 6.07) is 3.36. The maximum atomic E-state index is 13.1. The number of piperazine rings is 1. The van der Waals surface area contributed by atoms with Gasteiger partial charge in [-0.1, -0.05) is 0 Å². The Labute approximate surface area is 137 Å². The largest absolute Gasteiger partial charge is 0.494 e. The molecule has 1 heterocycles. The summed E-state index contributed by atoms with van der Waals surface area (Å²) in [5, 5.41) is 2.71. The summed E-state index contributed by atoms with van der Waals surface area (Å²) >= 11 is 0. The van der Waals surface area contributed by atoms with E-state index in [1.807, 2.05) is 13.8 Å². The zero-order valence-electron chi connectivity index (χ0n) is 14.3. The van der Waals surface area contributed by atoms with Crippen LogP contribution in [0.2, 0.25) is 0 Å². The van der Waals surface area contributed by atoms with Gasteiger partial charge in [-0.3, -0.25) is 4.79 Å². The number of carbonyl (C=O) groups is 1. The molecule has 1 saturated heterocycles. The fraction of sp³-hybridized carbons (Fsp3) is 0.562. The summed E-state index contributed by atoms with van der Waals surface area (Å²) in [4.78, 5) is 12.3. The van der Waals surface area contributed by atoms with E-state index < -0.39 is 15.6 Å². The molecule has 0 spiro atoms. The minimum Gasteiger partial charge on any atom is -0.494 e. The van der Waals surface area contributed by atoms with Gasteiger partial charge in [0.05, 0.1) is 11.5 Å². The van der Waals surface area contributed by atoms with Crippen LogP contribution in [0.1, 0.15) is 31.9 Å². The Bertz CT molecular complexity index is 726. The van der Waals surface area contributed by atoms with Crippen LogP contribution < -0.4 is 10.1 Å². The molecule has 1 aliphatic heterocycles. The van der Waals surface area contributed by atoms with Crippen molar-refractivity contribution in [3.8, 4) is 5.75 Å². The van der Waals surface area contributed by atoms with E-state index in [2.05, 4.69) is 5.32 Å². The van der Waals surface area contributed by atoms with E-state index in [9.17, 15) is 13.2 Å². The predicted octanol–water partition coefficient (Wildman–Crippen LogP) is 1.60. The maximum Gasteiger partial charge on any atom is 0.244 e. The highest BCUT2D eigenvalue weighted by molar-refractivity contribution is 7.89. The number of aryl methyl sites for hydroxylation is 2. The quantitative estimate of drug-likeness (QED) is 0.903. The SMILES string of the molecule is CCOc1cc(C)c(S(=O)(=O)N2CCNC(=O)C2(C)C)cc1C. The second-order valence-corrected chi connectivity index (χ2v) is 8.04. The van der Waals surface area contributed by atoms with Gasteiger partial charge in [-0.05, 0) is 57.9 Å². The summed E-state index contributed by atoms with van der Waals surface area (Å²) in [6.45, 7) is 9.78. The number of nitrogens with zero attached hydrogens (tertiary/aromatic N) is 1. The molecule has 1 aromatic carbocycles. The molecule has 0 saturated carbocycles. The van der Waals surface area contributed by atoms with Gasteiger partial charge in [-0.25, -0.2) is 8.42 Å². The molecular formula is C16H24N2O4S. The summed E-state index contributed by atoms with van der Waals surface area (Å²) in [7, 11) is -3.77. The second kappa shape index (κ2) is 6.13. The molecule has 128 valence electrons. The van der Waals surface area contributed by atoms with Crippen molar-refractivity contribution in [2.45, 2.75) is 45.1 Å². The average Bonchev–Trinajstić information content (AvgIpc) is 2.45. The molecule has 7 heteroatoms. The zero-order chi connectivity index (χ0) is 17.4. The third-order valence-electron chi connectivity index (χ3n) is 4.12. The van der Waals surface area contributed by atoms with Crippen molar-refractivity contribution >= 4 is 15.9 Å². The van der Waals surface area contributed by atoms with E-state index in [0.29, 0.717) is 24.5 Å². The van der Waals surface area contributed by atoms with Crippen molar-refractivity contribution in [2.24, 2.45) is 0 Å². The smallest absolute Gasteiger partial charge is 0.244 e. The van der Waals surface area contributed by atoms with Crippen LogP contribution in [0.4, 0.5) is 0 Å². The standard InChI is InChI=1S/C16H24N2O4S/c1-6-22-13-9-12(3)14(10-11(13)2)23(20,21)18-8-7-17-15(19)16(18,4)5/h9-10H,6-8H2,1-5H3,(H,17,19). The van der Waals surface area contributed by atoms with E-state index >= 15 is 0 Å².